The number of nitrogens with one attached hydrogen (secondary N) is 1. The molecule has 4 rings (SSSR count). The third-order valence-electron chi connectivity index (χ3n) is 3.85. The first kappa shape index (κ1) is 19.2. The highest BCUT2D eigenvalue weighted by Crippen LogP contribution is 2.29. The first-order valence-electron chi connectivity index (χ1n) is 8.19. The highest BCUT2D eigenvalue weighted by Gasteiger charge is 2.20. The van der Waals surface area contributed by atoms with Crippen molar-refractivity contribution in [1.29, 1.82) is 0 Å². The standard InChI is InChI=1S/C18H13Cl2N5OS2/c1-10(28-18-24-23-15-13(20)7-12(19)8-25(15)18)16(26)22-17-21-14(9-27-17)11-5-3-2-4-6-11/h2-10H,1H3,(H,21,22,26). The molecule has 1 aromatic carbocycles. The quantitative estimate of drug-likeness (QED) is 0.419. The van der Waals surface area contributed by atoms with E-state index in [1.54, 1.807) is 23.6 Å². The highest BCUT2D eigenvalue weighted by atomic mass is 35.5. The fraction of sp³-hybridized carbons (Fsp3) is 0.111. The summed E-state index contributed by atoms with van der Waals surface area (Å²) in [5.74, 6) is -0.177. The van der Waals surface area contributed by atoms with Crippen LogP contribution in [0.5, 0.6) is 0 Å². The molecule has 4 aromatic rings. The van der Waals surface area contributed by atoms with Crippen molar-refractivity contribution in [3.05, 3.63) is 58.0 Å². The molecule has 0 spiro atoms. The third-order valence-corrected chi connectivity index (χ3v) is 6.15. The van der Waals surface area contributed by atoms with Gasteiger partial charge in [0.25, 0.3) is 0 Å². The van der Waals surface area contributed by atoms with E-state index in [2.05, 4.69) is 20.5 Å². The molecule has 0 saturated heterocycles. The Bertz CT molecular complexity index is 1150. The van der Waals surface area contributed by atoms with Crippen molar-refractivity contribution in [3.8, 4) is 11.3 Å². The summed E-state index contributed by atoms with van der Waals surface area (Å²) in [5, 5.41) is 14.5. The van der Waals surface area contributed by atoms with Crippen LogP contribution in [0.3, 0.4) is 0 Å². The van der Waals surface area contributed by atoms with Crippen molar-refractivity contribution in [1.82, 2.24) is 19.6 Å². The maximum absolute atomic E-state index is 12.6. The number of rotatable bonds is 5. The predicted octanol–water partition coefficient (Wildman–Crippen LogP) is 5.28. The molecule has 0 fully saturated rings. The summed E-state index contributed by atoms with van der Waals surface area (Å²) < 4.78 is 1.68. The second-order valence-corrected chi connectivity index (χ2v) is 8.85. The minimum atomic E-state index is -0.422. The van der Waals surface area contributed by atoms with Gasteiger partial charge < -0.3 is 5.32 Å². The van der Waals surface area contributed by atoms with Crippen LogP contribution < -0.4 is 5.32 Å². The molecule has 0 bridgehead atoms. The summed E-state index contributed by atoms with van der Waals surface area (Å²) in [6.07, 6.45) is 1.67. The molecule has 1 unspecified atom stereocenters. The Hall–Kier alpha value is -2.13. The van der Waals surface area contributed by atoms with Gasteiger partial charge in [-0.15, -0.1) is 21.5 Å². The van der Waals surface area contributed by atoms with Crippen LogP contribution in [0.1, 0.15) is 6.92 Å². The monoisotopic (exact) mass is 449 g/mol. The molecular weight excluding hydrogens is 437 g/mol. The van der Waals surface area contributed by atoms with E-state index in [0.717, 1.165) is 11.3 Å². The maximum atomic E-state index is 12.6. The number of carbonyl (C=O) groups excluding carboxylic acids is 1. The van der Waals surface area contributed by atoms with Crippen molar-refractivity contribution in [3.63, 3.8) is 0 Å². The number of hydrogen-bond donors (Lipinski definition) is 1. The van der Waals surface area contributed by atoms with Crippen molar-refractivity contribution >= 4 is 63.0 Å². The molecule has 3 heterocycles. The van der Waals surface area contributed by atoms with Gasteiger partial charge in [-0.05, 0) is 13.0 Å². The lowest BCUT2D eigenvalue weighted by Gasteiger charge is -2.09. The molecule has 3 aromatic heterocycles. The van der Waals surface area contributed by atoms with Gasteiger partial charge in [-0.2, -0.15) is 0 Å². The molecule has 142 valence electrons. The van der Waals surface area contributed by atoms with E-state index in [1.807, 2.05) is 35.7 Å². The van der Waals surface area contributed by atoms with Crippen LogP contribution in [0, 0.1) is 0 Å². The minimum absolute atomic E-state index is 0.177. The fourth-order valence-electron chi connectivity index (χ4n) is 2.47. The summed E-state index contributed by atoms with van der Waals surface area (Å²) in [7, 11) is 0. The Kier molecular flexibility index (Phi) is 5.54. The highest BCUT2D eigenvalue weighted by molar-refractivity contribution is 8.00. The van der Waals surface area contributed by atoms with Gasteiger partial charge >= 0.3 is 0 Å². The van der Waals surface area contributed by atoms with Gasteiger partial charge in [-0.25, -0.2) is 4.98 Å². The first-order chi connectivity index (χ1) is 13.5. The second kappa shape index (κ2) is 8.08. The van der Waals surface area contributed by atoms with Gasteiger partial charge in [0.1, 0.15) is 0 Å². The Morgan fingerprint density at radius 1 is 1.25 bits per heavy atom. The normalized spacial score (nSPS) is 12.2. The van der Waals surface area contributed by atoms with Crippen molar-refractivity contribution in [2.24, 2.45) is 0 Å². The summed E-state index contributed by atoms with van der Waals surface area (Å²) in [6, 6.07) is 11.4. The van der Waals surface area contributed by atoms with Gasteiger partial charge in [0.15, 0.2) is 15.9 Å². The number of pyridine rings is 1. The molecule has 0 aliphatic rings. The number of fused-ring (bicyclic) bond motifs is 1. The number of amides is 1. The molecule has 28 heavy (non-hydrogen) atoms. The van der Waals surface area contributed by atoms with Crippen LogP contribution in [0.15, 0.2) is 53.1 Å². The number of aromatic nitrogens is 4. The van der Waals surface area contributed by atoms with Gasteiger partial charge in [0.05, 0.1) is 21.0 Å². The molecule has 6 nitrogen and oxygen atoms in total. The number of halogens is 2. The van der Waals surface area contributed by atoms with Crippen LogP contribution >= 0.6 is 46.3 Å². The van der Waals surface area contributed by atoms with Crippen LogP contribution in [0.4, 0.5) is 5.13 Å². The van der Waals surface area contributed by atoms with E-state index in [4.69, 9.17) is 23.2 Å². The molecule has 1 atom stereocenters. The summed E-state index contributed by atoms with van der Waals surface area (Å²) in [6.45, 7) is 1.79. The molecule has 10 heteroatoms. The average Bonchev–Trinajstić information content (AvgIpc) is 3.30. The number of nitrogens with zero attached hydrogens (tertiary/aromatic N) is 4. The smallest absolute Gasteiger partial charge is 0.239 e. The minimum Gasteiger partial charge on any atom is -0.301 e. The van der Waals surface area contributed by atoms with Crippen molar-refractivity contribution in [2.45, 2.75) is 17.3 Å². The van der Waals surface area contributed by atoms with Crippen LogP contribution in [-0.2, 0) is 4.79 Å². The van der Waals surface area contributed by atoms with Crippen molar-refractivity contribution in [2.75, 3.05) is 5.32 Å². The number of anilines is 1. The van der Waals surface area contributed by atoms with Gasteiger partial charge in [-0.1, -0.05) is 65.3 Å². The number of thiazole rings is 1. The predicted molar refractivity (Wildman–Crippen MR) is 115 cm³/mol. The van der Waals surface area contributed by atoms with E-state index >= 15 is 0 Å². The van der Waals surface area contributed by atoms with E-state index in [9.17, 15) is 4.79 Å². The van der Waals surface area contributed by atoms with E-state index in [-0.39, 0.29) is 5.91 Å². The summed E-state index contributed by atoms with van der Waals surface area (Å²) >= 11 is 14.8. The Labute approximate surface area is 178 Å². The molecule has 0 aliphatic carbocycles. The zero-order chi connectivity index (χ0) is 19.7. The lowest BCUT2D eigenvalue weighted by atomic mass is 10.2. The zero-order valence-electron chi connectivity index (χ0n) is 14.5. The van der Waals surface area contributed by atoms with Crippen molar-refractivity contribution < 1.29 is 4.79 Å². The van der Waals surface area contributed by atoms with Gasteiger partial charge in [-0.3, -0.25) is 9.20 Å². The van der Waals surface area contributed by atoms with Gasteiger partial charge in [0, 0.05) is 17.1 Å². The number of benzene rings is 1. The van der Waals surface area contributed by atoms with Gasteiger partial charge in [0.2, 0.25) is 5.91 Å². The number of hydrogen-bond acceptors (Lipinski definition) is 6. The SMILES string of the molecule is CC(Sc1nnc2c(Cl)cc(Cl)cn12)C(=O)Nc1nc(-c2ccccc2)cs1. The van der Waals surface area contributed by atoms with E-state index in [0.29, 0.717) is 26.0 Å². The number of thioether (sulfide) groups is 1. The Morgan fingerprint density at radius 3 is 2.82 bits per heavy atom. The molecule has 0 saturated carbocycles. The zero-order valence-corrected chi connectivity index (χ0v) is 17.6. The molecule has 1 N–H and O–H groups in total. The third kappa shape index (κ3) is 4.00. The van der Waals surface area contributed by atoms with E-state index < -0.39 is 5.25 Å². The fourth-order valence-corrected chi connectivity index (χ4v) is 4.53. The summed E-state index contributed by atoms with van der Waals surface area (Å²) in [5.41, 5.74) is 2.33. The van der Waals surface area contributed by atoms with Crippen LogP contribution in [0.25, 0.3) is 16.9 Å². The molecule has 0 aliphatic heterocycles. The Morgan fingerprint density at radius 2 is 2.04 bits per heavy atom. The summed E-state index contributed by atoms with van der Waals surface area (Å²) in [4.78, 5) is 17.1. The maximum Gasteiger partial charge on any atom is 0.239 e. The molecule has 1 amide bonds. The molecule has 0 radical (unpaired) electrons. The Balaban J connectivity index is 1.47. The lowest BCUT2D eigenvalue weighted by molar-refractivity contribution is -0.115. The van der Waals surface area contributed by atoms with Crippen LogP contribution in [0.2, 0.25) is 10.0 Å². The topological polar surface area (TPSA) is 72.2 Å². The average molecular weight is 450 g/mol. The first-order valence-corrected chi connectivity index (χ1v) is 10.7. The van der Waals surface area contributed by atoms with Crippen LogP contribution in [-0.4, -0.2) is 30.7 Å². The number of carbonyl (C=O) groups is 1. The lowest BCUT2D eigenvalue weighted by Crippen LogP contribution is -2.22. The second-order valence-electron chi connectivity index (χ2n) is 5.84. The largest absolute Gasteiger partial charge is 0.301 e. The van der Waals surface area contributed by atoms with E-state index in [1.165, 1.54) is 23.1 Å². The molecular formula is C18H13Cl2N5OS2.